The number of nitrogens with zero attached hydrogens (tertiary/aromatic N) is 2. The van der Waals surface area contributed by atoms with E-state index in [0.29, 0.717) is 31.1 Å². The Morgan fingerprint density at radius 1 is 1.00 bits per heavy atom. The van der Waals surface area contributed by atoms with Crippen LogP contribution >= 0.6 is 0 Å². The van der Waals surface area contributed by atoms with Gasteiger partial charge in [-0.15, -0.1) is 0 Å². The molecule has 2 aromatic rings. The van der Waals surface area contributed by atoms with Crippen LogP contribution < -0.4 is 9.62 Å². The maximum Gasteiger partial charge on any atom is 0.232 e. The molecule has 0 spiro atoms. The third kappa shape index (κ3) is 5.33. The number of anilines is 1. The molecular weight excluding hydrogens is 422 g/mol. The Balaban J connectivity index is 1.35. The van der Waals surface area contributed by atoms with E-state index in [9.17, 15) is 13.2 Å². The second kappa shape index (κ2) is 10.0. The van der Waals surface area contributed by atoms with Gasteiger partial charge >= 0.3 is 0 Å². The van der Waals surface area contributed by atoms with Crippen LogP contribution in [-0.4, -0.2) is 58.2 Å². The van der Waals surface area contributed by atoms with Gasteiger partial charge in [-0.25, -0.2) is 8.42 Å². The molecule has 4 rings (SSSR count). The Kier molecular flexibility index (Phi) is 7.16. The van der Waals surface area contributed by atoms with Gasteiger partial charge in [0.15, 0.2) is 0 Å². The SMILES string of the molecule is CS(=O)(=O)N(CC[C@H]1CNC[C@H]1C(=O)N1CCC(c2ccccc2)CC1)c1ccccc1. The number of nitrogens with one attached hydrogen (secondary N) is 1. The molecule has 0 aromatic heterocycles. The van der Waals surface area contributed by atoms with E-state index in [1.165, 1.54) is 16.1 Å². The Labute approximate surface area is 191 Å². The highest BCUT2D eigenvalue weighted by molar-refractivity contribution is 7.92. The lowest BCUT2D eigenvalue weighted by Crippen LogP contribution is -2.44. The van der Waals surface area contributed by atoms with Crippen LogP contribution in [0.5, 0.6) is 0 Å². The van der Waals surface area contributed by atoms with Crippen LogP contribution in [0.15, 0.2) is 60.7 Å². The maximum absolute atomic E-state index is 13.3. The third-order valence-electron chi connectivity index (χ3n) is 6.88. The number of hydrogen-bond donors (Lipinski definition) is 1. The van der Waals surface area contributed by atoms with E-state index in [1.54, 1.807) is 0 Å². The predicted molar refractivity (Wildman–Crippen MR) is 128 cm³/mol. The molecule has 0 aliphatic carbocycles. The number of benzene rings is 2. The molecule has 0 unspecified atom stereocenters. The molecule has 0 saturated carbocycles. The minimum absolute atomic E-state index is 0.0829. The van der Waals surface area contributed by atoms with Crippen molar-refractivity contribution in [3.63, 3.8) is 0 Å². The van der Waals surface area contributed by atoms with Crippen LogP contribution in [0.25, 0.3) is 0 Å². The molecule has 2 fully saturated rings. The van der Waals surface area contributed by atoms with Gasteiger partial charge in [-0.1, -0.05) is 48.5 Å². The summed E-state index contributed by atoms with van der Waals surface area (Å²) in [5.74, 6) is 0.798. The van der Waals surface area contributed by atoms with Crippen LogP contribution in [0.4, 0.5) is 5.69 Å². The summed E-state index contributed by atoms with van der Waals surface area (Å²) in [4.78, 5) is 15.3. The summed E-state index contributed by atoms with van der Waals surface area (Å²) in [5, 5.41) is 3.36. The minimum atomic E-state index is -3.38. The van der Waals surface area contributed by atoms with Crippen LogP contribution in [0.1, 0.15) is 30.7 Å². The Morgan fingerprint density at radius 3 is 2.25 bits per heavy atom. The maximum atomic E-state index is 13.3. The summed E-state index contributed by atoms with van der Waals surface area (Å²) in [6.45, 7) is 3.40. The van der Waals surface area contributed by atoms with E-state index in [0.717, 1.165) is 32.5 Å². The highest BCUT2D eigenvalue weighted by atomic mass is 32.2. The zero-order chi connectivity index (χ0) is 22.6. The fourth-order valence-electron chi connectivity index (χ4n) is 5.08. The van der Waals surface area contributed by atoms with Crippen molar-refractivity contribution in [2.75, 3.05) is 43.3 Å². The molecule has 2 heterocycles. The van der Waals surface area contributed by atoms with Gasteiger partial charge < -0.3 is 10.2 Å². The first kappa shape index (κ1) is 22.8. The van der Waals surface area contributed by atoms with Crippen molar-refractivity contribution >= 4 is 21.6 Å². The first-order chi connectivity index (χ1) is 15.4. The number of carbonyl (C=O) groups is 1. The van der Waals surface area contributed by atoms with Gasteiger partial charge in [0.05, 0.1) is 17.9 Å². The van der Waals surface area contributed by atoms with Crippen LogP contribution in [0.2, 0.25) is 0 Å². The summed E-state index contributed by atoms with van der Waals surface area (Å²) in [7, 11) is -3.38. The van der Waals surface area contributed by atoms with Crippen molar-refractivity contribution in [1.29, 1.82) is 0 Å². The molecule has 2 aliphatic heterocycles. The van der Waals surface area contributed by atoms with Gasteiger partial charge in [0, 0.05) is 26.2 Å². The molecule has 1 amide bonds. The normalized spacial score (nSPS) is 22.1. The largest absolute Gasteiger partial charge is 0.342 e. The van der Waals surface area contributed by atoms with Crippen LogP contribution in [0, 0.1) is 11.8 Å². The average molecular weight is 456 g/mol. The molecule has 172 valence electrons. The topological polar surface area (TPSA) is 69.7 Å². The Hall–Kier alpha value is -2.38. The van der Waals surface area contributed by atoms with Crippen molar-refractivity contribution in [2.24, 2.45) is 11.8 Å². The van der Waals surface area contributed by atoms with E-state index in [2.05, 4.69) is 29.6 Å². The van der Waals surface area contributed by atoms with Gasteiger partial charge in [0.2, 0.25) is 15.9 Å². The Morgan fingerprint density at radius 2 is 1.62 bits per heavy atom. The number of hydrogen-bond acceptors (Lipinski definition) is 4. The molecule has 0 bridgehead atoms. The van der Waals surface area contributed by atoms with Crippen molar-refractivity contribution in [2.45, 2.75) is 25.2 Å². The summed E-state index contributed by atoms with van der Waals surface area (Å²) < 4.78 is 26.2. The van der Waals surface area contributed by atoms with Gasteiger partial charge in [0.1, 0.15) is 0 Å². The molecule has 2 aliphatic rings. The lowest BCUT2D eigenvalue weighted by molar-refractivity contribution is -0.137. The fourth-order valence-corrected chi connectivity index (χ4v) is 6.02. The highest BCUT2D eigenvalue weighted by Crippen LogP contribution is 2.31. The monoisotopic (exact) mass is 455 g/mol. The molecule has 7 heteroatoms. The minimum Gasteiger partial charge on any atom is -0.342 e. The van der Waals surface area contributed by atoms with Gasteiger partial charge in [-0.05, 0) is 55.3 Å². The fraction of sp³-hybridized carbons (Fsp3) is 0.480. The summed E-state index contributed by atoms with van der Waals surface area (Å²) in [6.07, 6.45) is 3.89. The third-order valence-corrected chi connectivity index (χ3v) is 8.08. The van der Waals surface area contributed by atoms with E-state index in [-0.39, 0.29) is 17.7 Å². The zero-order valence-electron chi connectivity index (χ0n) is 18.7. The van der Waals surface area contributed by atoms with E-state index < -0.39 is 10.0 Å². The zero-order valence-corrected chi connectivity index (χ0v) is 19.5. The lowest BCUT2D eigenvalue weighted by atomic mass is 9.87. The molecule has 0 radical (unpaired) electrons. The van der Waals surface area contributed by atoms with E-state index in [1.807, 2.05) is 41.3 Å². The number of para-hydroxylation sites is 1. The number of carbonyl (C=O) groups excluding carboxylic acids is 1. The van der Waals surface area contributed by atoms with Crippen molar-refractivity contribution in [3.05, 3.63) is 66.2 Å². The second-order valence-corrected chi connectivity index (χ2v) is 10.9. The van der Waals surface area contributed by atoms with Crippen LogP contribution in [-0.2, 0) is 14.8 Å². The van der Waals surface area contributed by atoms with E-state index >= 15 is 0 Å². The average Bonchev–Trinajstić information content (AvgIpc) is 3.28. The molecule has 1 N–H and O–H groups in total. The highest BCUT2D eigenvalue weighted by Gasteiger charge is 2.37. The summed E-state index contributed by atoms with van der Waals surface area (Å²) >= 11 is 0. The number of rotatable bonds is 7. The van der Waals surface area contributed by atoms with Gasteiger partial charge in [-0.3, -0.25) is 9.10 Å². The molecule has 2 aromatic carbocycles. The first-order valence-corrected chi connectivity index (χ1v) is 13.4. The molecule has 2 saturated heterocycles. The molecule has 32 heavy (non-hydrogen) atoms. The van der Waals surface area contributed by atoms with Crippen LogP contribution in [0.3, 0.4) is 0 Å². The number of piperidine rings is 1. The standard InChI is InChI=1S/C25H33N3O3S/c1-32(30,31)28(23-10-6-3-7-11-23)17-14-22-18-26-19-24(22)25(29)27-15-12-21(13-16-27)20-8-4-2-5-9-20/h2-11,21-22,24,26H,12-19H2,1H3/t22-,24+/m0/s1. The number of likely N-dealkylation sites (tertiary alicyclic amines) is 1. The first-order valence-electron chi connectivity index (χ1n) is 11.5. The van der Waals surface area contributed by atoms with Gasteiger partial charge in [-0.2, -0.15) is 0 Å². The lowest BCUT2D eigenvalue weighted by Gasteiger charge is -2.35. The van der Waals surface area contributed by atoms with Crippen molar-refractivity contribution < 1.29 is 13.2 Å². The predicted octanol–water partition coefficient (Wildman–Crippen LogP) is 3.08. The van der Waals surface area contributed by atoms with E-state index in [4.69, 9.17) is 0 Å². The number of sulfonamides is 1. The van der Waals surface area contributed by atoms with Crippen molar-refractivity contribution in [1.82, 2.24) is 10.2 Å². The Bertz CT molecular complexity index is 990. The number of amides is 1. The van der Waals surface area contributed by atoms with Gasteiger partial charge in [0.25, 0.3) is 0 Å². The van der Waals surface area contributed by atoms with Crippen molar-refractivity contribution in [3.8, 4) is 0 Å². The molecular formula is C25H33N3O3S. The molecule has 2 atom stereocenters. The summed E-state index contributed by atoms with van der Waals surface area (Å²) in [5.41, 5.74) is 2.04. The summed E-state index contributed by atoms with van der Waals surface area (Å²) in [6, 6.07) is 19.7. The smallest absolute Gasteiger partial charge is 0.232 e. The second-order valence-electron chi connectivity index (χ2n) is 8.99. The molecule has 6 nitrogen and oxygen atoms in total. The quantitative estimate of drug-likeness (QED) is 0.697.